The highest BCUT2D eigenvalue weighted by Gasteiger charge is 2.16. The summed E-state index contributed by atoms with van der Waals surface area (Å²) in [6.45, 7) is 2.82. The molecule has 0 aliphatic carbocycles. The summed E-state index contributed by atoms with van der Waals surface area (Å²) < 4.78 is 5.30. The van der Waals surface area contributed by atoms with Crippen molar-refractivity contribution in [1.29, 1.82) is 0 Å². The molecule has 7 nitrogen and oxygen atoms in total. The molecule has 7 heteroatoms. The van der Waals surface area contributed by atoms with Crippen LogP contribution < -0.4 is 15.0 Å². The number of amides is 1. The van der Waals surface area contributed by atoms with Crippen molar-refractivity contribution in [2.75, 3.05) is 31.6 Å². The number of carbonyl (C=O) groups is 1. The molecule has 26 heavy (non-hydrogen) atoms. The van der Waals surface area contributed by atoms with Crippen LogP contribution in [0.2, 0.25) is 0 Å². The minimum atomic E-state index is -0.514. The Hall–Kier alpha value is -3.09. The highest BCUT2D eigenvalue weighted by Crippen LogP contribution is 2.27. The fourth-order valence-corrected chi connectivity index (χ4v) is 2.44. The number of para-hydroxylation sites is 1. The van der Waals surface area contributed by atoms with Crippen LogP contribution >= 0.6 is 0 Å². The van der Waals surface area contributed by atoms with E-state index in [0.29, 0.717) is 6.54 Å². The van der Waals surface area contributed by atoms with Gasteiger partial charge < -0.3 is 15.0 Å². The first-order chi connectivity index (χ1) is 12.5. The number of benzene rings is 2. The summed E-state index contributed by atoms with van der Waals surface area (Å²) in [5, 5.41) is 13.8. The van der Waals surface area contributed by atoms with Crippen molar-refractivity contribution in [3.8, 4) is 5.75 Å². The van der Waals surface area contributed by atoms with Gasteiger partial charge in [0.1, 0.15) is 0 Å². The molecule has 0 aromatic heterocycles. The SMILES string of the molecule is Cc1ccc(OCC(=O)NCCCN(C)c2ccccc2)c([N+](=O)[O-])c1. The van der Waals surface area contributed by atoms with E-state index in [2.05, 4.69) is 10.2 Å². The number of hydrogen-bond acceptors (Lipinski definition) is 5. The van der Waals surface area contributed by atoms with Gasteiger partial charge in [0.15, 0.2) is 12.4 Å². The number of ether oxygens (including phenoxy) is 1. The number of anilines is 1. The Bertz CT molecular complexity index is 750. The Labute approximate surface area is 152 Å². The van der Waals surface area contributed by atoms with Gasteiger partial charge in [-0.3, -0.25) is 14.9 Å². The smallest absolute Gasteiger partial charge is 0.311 e. The molecule has 1 amide bonds. The largest absolute Gasteiger partial charge is 0.477 e. The number of carbonyl (C=O) groups excluding carboxylic acids is 1. The summed E-state index contributed by atoms with van der Waals surface area (Å²) >= 11 is 0. The van der Waals surface area contributed by atoms with Crippen LogP contribution in [0, 0.1) is 17.0 Å². The van der Waals surface area contributed by atoms with Crippen molar-refractivity contribution in [2.24, 2.45) is 0 Å². The molecule has 0 bridgehead atoms. The summed E-state index contributed by atoms with van der Waals surface area (Å²) in [7, 11) is 2.00. The zero-order valence-electron chi connectivity index (χ0n) is 15.0. The monoisotopic (exact) mass is 357 g/mol. The lowest BCUT2D eigenvalue weighted by atomic mass is 10.2. The van der Waals surface area contributed by atoms with Crippen LogP contribution in [-0.4, -0.2) is 37.6 Å². The molecule has 0 aliphatic rings. The molecule has 2 aromatic carbocycles. The lowest BCUT2D eigenvalue weighted by molar-refractivity contribution is -0.385. The van der Waals surface area contributed by atoms with Crippen molar-refractivity contribution in [2.45, 2.75) is 13.3 Å². The zero-order valence-corrected chi connectivity index (χ0v) is 15.0. The van der Waals surface area contributed by atoms with Crippen LogP contribution in [0.3, 0.4) is 0 Å². The minimum absolute atomic E-state index is 0.0968. The van der Waals surface area contributed by atoms with Gasteiger partial charge in [-0.1, -0.05) is 24.3 Å². The van der Waals surface area contributed by atoms with Crippen molar-refractivity contribution >= 4 is 17.3 Å². The van der Waals surface area contributed by atoms with Gasteiger partial charge in [0, 0.05) is 31.9 Å². The summed E-state index contributed by atoms with van der Waals surface area (Å²) in [6.07, 6.45) is 0.780. The molecule has 0 saturated heterocycles. The van der Waals surface area contributed by atoms with Crippen molar-refractivity contribution in [1.82, 2.24) is 5.32 Å². The van der Waals surface area contributed by atoms with Crippen LogP contribution in [0.25, 0.3) is 0 Å². The third kappa shape index (κ3) is 5.77. The normalized spacial score (nSPS) is 10.2. The molecule has 0 unspecified atom stereocenters. The van der Waals surface area contributed by atoms with Crippen LogP contribution in [0.1, 0.15) is 12.0 Å². The quantitative estimate of drug-likeness (QED) is 0.424. The second-order valence-electron chi connectivity index (χ2n) is 5.98. The summed E-state index contributed by atoms with van der Waals surface area (Å²) in [4.78, 5) is 24.5. The van der Waals surface area contributed by atoms with E-state index in [1.54, 1.807) is 13.0 Å². The van der Waals surface area contributed by atoms with E-state index >= 15 is 0 Å². The number of nitro groups is 1. The fraction of sp³-hybridized carbons (Fsp3) is 0.316. The van der Waals surface area contributed by atoms with E-state index in [-0.39, 0.29) is 24.0 Å². The molecule has 1 N–H and O–H groups in total. The lowest BCUT2D eigenvalue weighted by Gasteiger charge is -2.19. The van der Waals surface area contributed by atoms with Gasteiger partial charge >= 0.3 is 5.69 Å². The van der Waals surface area contributed by atoms with Gasteiger partial charge in [-0.2, -0.15) is 0 Å². The van der Waals surface area contributed by atoms with Gasteiger partial charge in [-0.25, -0.2) is 0 Å². The predicted molar refractivity (Wildman–Crippen MR) is 101 cm³/mol. The standard InChI is InChI=1S/C19H23N3O4/c1-15-9-10-18(17(13-15)22(24)25)26-14-19(23)20-11-6-12-21(2)16-7-4-3-5-8-16/h3-5,7-10,13H,6,11-12,14H2,1-2H3,(H,20,23). The summed E-state index contributed by atoms with van der Waals surface area (Å²) in [5.74, 6) is -0.207. The topological polar surface area (TPSA) is 84.7 Å². The van der Waals surface area contributed by atoms with Gasteiger partial charge in [0.05, 0.1) is 4.92 Å². The van der Waals surface area contributed by atoms with E-state index < -0.39 is 4.92 Å². The Balaban J connectivity index is 1.72. The van der Waals surface area contributed by atoms with E-state index in [1.165, 1.54) is 12.1 Å². The lowest BCUT2D eigenvalue weighted by Crippen LogP contribution is -2.31. The number of nitrogens with zero attached hydrogens (tertiary/aromatic N) is 2. The van der Waals surface area contributed by atoms with Crippen LogP contribution in [-0.2, 0) is 4.79 Å². The van der Waals surface area contributed by atoms with Gasteiger partial charge in [0.25, 0.3) is 5.91 Å². The van der Waals surface area contributed by atoms with Crippen LogP contribution in [0.4, 0.5) is 11.4 Å². The van der Waals surface area contributed by atoms with Gasteiger partial charge in [-0.15, -0.1) is 0 Å². The second kappa shape index (κ2) is 9.41. The number of rotatable bonds is 9. The summed E-state index contributed by atoms with van der Waals surface area (Å²) in [5.41, 5.74) is 1.74. The molecular formula is C19H23N3O4. The second-order valence-corrected chi connectivity index (χ2v) is 5.98. The van der Waals surface area contributed by atoms with Gasteiger partial charge in [0.2, 0.25) is 0 Å². The van der Waals surface area contributed by atoms with Crippen molar-refractivity contribution < 1.29 is 14.5 Å². The van der Waals surface area contributed by atoms with Crippen LogP contribution in [0.15, 0.2) is 48.5 Å². The maximum absolute atomic E-state index is 11.9. The Morgan fingerprint density at radius 2 is 1.96 bits per heavy atom. The molecule has 0 fully saturated rings. The minimum Gasteiger partial charge on any atom is -0.477 e. The third-order valence-corrected chi connectivity index (χ3v) is 3.86. The fourth-order valence-electron chi connectivity index (χ4n) is 2.44. The average Bonchev–Trinajstić information content (AvgIpc) is 2.64. The highest BCUT2D eigenvalue weighted by atomic mass is 16.6. The molecule has 2 aromatic rings. The number of aryl methyl sites for hydroxylation is 1. The first-order valence-electron chi connectivity index (χ1n) is 8.38. The number of nitrogens with one attached hydrogen (secondary N) is 1. The molecule has 2 rings (SSSR count). The molecule has 0 radical (unpaired) electrons. The van der Waals surface area contributed by atoms with E-state index in [4.69, 9.17) is 4.74 Å². The first kappa shape index (κ1) is 19.2. The Morgan fingerprint density at radius 1 is 1.23 bits per heavy atom. The number of hydrogen-bond donors (Lipinski definition) is 1. The van der Waals surface area contributed by atoms with Crippen LogP contribution in [0.5, 0.6) is 5.75 Å². The molecule has 0 spiro atoms. The van der Waals surface area contributed by atoms with Crippen molar-refractivity contribution in [3.63, 3.8) is 0 Å². The van der Waals surface area contributed by atoms with Crippen molar-refractivity contribution in [3.05, 3.63) is 64.2 Å². The Kier molecular flexibility index (Phi) is 6.96. The summed E-state index contributed by atoms with van der Waals surface area (Å²) in [6, 6.07) is 14.6. The zero-order chi connectivity index (χ0) is 18.9. The highest BCUT2D eigenvalue weighted by molar-refractivity contribution is 5.77. The van der Waals surface area contributed by atoms with Gasteiger partial charge in [-0.05, 0) is 37.1 Å². The third-order valence-electron chi connectivity index (χ3n) is 3.86. The molecular weight excluding hydrogens is 334 g/mol. The maximum atomic E-state index is 11.9. The Morgan fingerprint density at radius 3 is 2.65 bits per heavy atom. The molecule has 0 heterocycles. The first-order valence-corrected chi connectivity index (χ1v) is 8.38. The van der Waals surface area contributed by atoms with E-state index in [9.17, 15) is 14.9 Å². The molecule has 0 aliphatic heterocycles. The van der Waals surface area contributed by atoms with E-state index in [1.807, 2.05) is 37.4 Å². The number of nitro benzene ring substituents is 1. The molecule has 0 atom stereocenters. The van der Waals surface area contributed by atoms with E-state index in [0.717, 1.165) is 24.2 Å². The maximum Gasteiger partial charge on any atom is 0.311 e. The molecule has 138 valence electrons. The predicted octanol–water partition coefficient (Wildman–Crippen LogP) is 2.92. The average molecular weight is 357 g/mol. The molecule has 0 saturated carbocycles.